The largest absolute Gasteiger partial charge is 0.465 e. The molecule has 22 heteroatoms. The van der Waals surface area contributed by atoms with Crippen LogP contribution in [-0.2, 0) is 32.5 Å². The standard InChI is InChI=1S/C64H73F2N11O9/c1-6-44-47(65)19-16-38-11-7-14-45(51(38)44)53-52(66)54-46(32-67-53)56(74-33-41-17-18-42(34-74)76(41)61(83)86-62(2,3)4)70-58(69-54)84-37-63-23-10-28-75(63)40(22-24-63)31-43-35-72(36-64(85-43)25-29-73(30-26-64)60(81)82)27-9-13-39-12-8-15-48-55(39)71(5)59(80)77(48)49-20-21-50(78)68-57(49)79/h1,7-8,11-12,14-16,19,32,40-43,49H,9-10,13,17-18,20-31,33-37H2,2-5H3,(H,81,82)(H,68,78,79)/t40-,41?,42?,43?,49?,63-/m0/s1. The van der Waals surface area contributed by atoms with Gasteiger partial charge in [-0.2, -0.15) is 9.97 Å². The third-order valence-corrected chi connectivity index (χ3v) is 19.4. The van der Waals surface area contributed by atoms with E-state index in [0.717, 1.165) is 75.5 Å². The molecule has 3 aromatic carbocycles. The summed E-state index contributed by atoms with van der Waals surface area (Å²) in [6.45, 7) is 10.4. The van der Waals surface area contributed by atoms with Crippen molar-refractivity contribution in [2.45, 2.75) is 151 Å². The van der Waals surface area contributed by atoms with Gasteiger partial charge in [-0.15, -0.1) is 6.42 Å². The SMILES string of the molecule is C#Cc1c(F)ccc2cccc(-c3ncc4c(N5CC6CCC(C5)N6C(=O)OC(C)(C)C)nc(OC[C@@]56CCCN5[C@H](CC5CN(CCCc7cccc8c7n(C)c(=O)n8C7CCC(=O)NC7=O)CC7(CCN(C(=O)O)CC7)O5)CC6)nc4c3F)c12. The van der Waals surface area contributed by atoms with Gasteiger partial charge < -0.3 is 29.1 Å². The van der Waals surface area contributed by atoms with E-state index < -0.39 is 40.9 Å². The molecule has 7 fully saturated rings. The molecule has 0 saturated carbocycles. The Balaban J connectivity index is 0.756. The van der Waals surface area contributed by atoms with Crippen LogP contribution in [0.4, 0.5) is 24.2 Å². The lowest BCUT2D eigenvalue weighted by molar-refractivity contribution is -0.179. The van der Waals surface area contributed by atoms with Crippen molar-refractivity contribution in [3.8, 4) is 29.6 Å². The second kappa shape index (κ2) is 22.2. The summed E-state index contributed by atoms with van der Waals surface area (Å²) in [5, 5.41) is 13.7. The van der Waals surface area contributed by atoms with E-state index in [4.69, 9.17) is 35.6 Å². The number of pyridine rings is 1. The Kier molecular flexibility index (Phi) is 14.8. The zero-order valence-corrected chi connectivity index (χ0v) is 49.2. The highest BCUT2D eigenvalue weighted by Crippen LogP contribution is 2.46. The Hall–Kier alpha value is -7.74. The van der Waals surface area contributed by atoms with Gasteiger partial charge in [-0.25, -0.2) is 23.2 Å². The number of imidazole rings is 1. The van der Waals surface area contributed by atoms with Crippen molar-refractivity contribution in [2.24, 2.45) is 7.05 Å². The third kappa shape index (κ3) is 10.4. The van der Waals surface area contributed by atoms with Crippen LogP contribution in [0.1, 0.15) is 115 Å². The fraction of sp³-hybridized carbons (Fsp3) is 0.531. The molecule has 0 radical (unpaired) electrons. The Morgan fingerprint density at radius 2 is 1.72 bits per heavy atom. The topological polar surface area (TPSA) is 210 Å². The number of benzene rings is 3. The number of carboxylic acid groups (broad SMARTS) is 1. The molecule has 7 saturated heterocycles. The van der Waals surface area contributed by atoms with Crippen LogP contribution in [0.25, 0.3) is 44.0 Å². The molecule has 7 aliphatic heterocycles. The van der Waals surface area contributed by atoms with Gasteiger partial charge in [0.25, 0.3) is 0 Å². The average Bonchev–Trinajstić information content (AvgIpc) is 2.94. The second-order valence-electron chi connectivity index (χ2n) is 25.9. The highest BCUT2D eigenvalue weighted by atomic mass is 19.1. The summed E-state index contributed by atoms with van der Waals surface area (Å²) in [5.74, 6) is 0.767. The number of anilines is 1. The molecule has 3 aromatic heterocycles. The Morgan fingerprint density at radius 3 is 2.47 bits per heavy atom. The van der Waals surface area contributed by atoms with Gasteiger partial charge in [-0.1, -0.05) is 42.3 Å². The molecule has 86 heavy (non-hydrogen) atoms. The number of fused-ring (bicyclic) bond motifs is 6. The molecule has 10 heterocycles. The van der Waals surface area contributed by atoms with Crippen LogP contribution in [-0.4, -0.2) is 173 Å². The van der Waals surface area contributed by atoms with Crippen LogP contribution in [0.2, 0.25) is 0 Å². The fourth-order valence-corrected chi connectivity index (χ4v) is 15.6. The molecular weight excluding hydrogens is 1100 g/mol. The number of hydrogen-bond acceptors (Lipinski definition) is 14. The van der Waals surface area contributed by atoms with Gasteiger partial charge in [-0.3, -0.25) is 43.7 Å². The first-order valence-electron chi connectivity index (χ1n) is 30.4. The zero-order chi connectivity index (χ0) is 60.0. The van der Waals surface area contributed by atoms with Crippen molar-refractivity contribution < 1.29 is 47.3 Å². The summed E-state index contributed by atoms with van der Waals surface area (Å²) in [4.78, 5) is 89.5. The number of nitrogens with one attached hydrogen (secondary N) is 1. The van der Waals surface area contributed by atoms with Gasteiger partial charge >= 0.3 is 23.9 Å². The Bertz CT molecular complexity index is 3820. The third-order valence-electron chi connectivity index (χ3n) is 19.4. The summed E-state index contributed by atoms with van der Waals surface area (Å²) < 4.78 is 55.9. The molecule has 1 spiro atoms. The number of carbonyl (C=O) groups is 4. The van der Waals surface area contributed by atoms with Gasteiger partial charge in [0.05, 0.1) is 51.3 Å². The number of piperazine rings is 1. The molecule has 6 aromatic rings. The molecule has 2 bridgehead atoms. The summed E-state index contributed by atoms with van der Waals surface area (Å²) in [5.41, 5.74) is 0.814. The lowest BCUT2D eigenvalue weighted by atomic mass is 9.87. The number of amides is 4. The normalized spacial score (nSPS) is 25.1. The minimum atomic E-state index is -0.933. The second-order valence-corrected chi connectivity index (χ2v) is 25.9. The molecule has 4 unspecified atom stereocenters. The van der Waals surface area contributed by atoms with Crippen LogP contribution < -0.4 is 20.6 Å². The number of nitrogens with zero attached hydrogens (tertiary/aromatic N) is 10. The summed E-state index contributed by atoms with van der Waals surface area (Å²) in [6.07, 6.45) is 14.9. The van der Waals surface area contributed by atoms with Crippen LogP contribution in [0.3, 0.4) is 0 Å². The number of halogens is 2. The predicted octanol–water partition coefficient (Wildman–Crippen LogP) is 7.94. The number of carbonyl (C=O) groups excluding carboxylic acids is 3. The quantitative estimate of drug-likeness (QED) is 0.0880. The molecule has 0 aliphatic carbocycles. The Morgan fingerprint density at radius 1 is 0.942 bits per heavy atom. The summed E-state index contributed by atoms with van der Waals surface area (Å²) in [7, 11) is 1.72. The van der Waals surface area contributed by atoms with Gasteiger partial charge in [0.2, 0.25) is 11.8 Å². The van der Waals surface area contributed by atoms with Crippen LogP contribution in [0.5, 0.6) is 6.01 Å². The van der Waals surface area contributed by atoms with Crippen molar-refractivity contribution in [1.82, 2.24) is 49.0 Å². The first-order chi connectivity index (χ1) is 41.3. The van der Waals surface area contributed by atoms with E-state index in [1.54, 1.807) is 42.1 Å². The van der Waals surface area contributed by atoms with E-state index in [1.165, 1.54) is 15.5 Å². The highest BCUT2D eigenvalue weighted by molar-refractivity contribution is 6.02. The van der Waals surface area contributed by atoms with E-state index in [9.17, 15) is 29.1 Å². The summed E-state index contributed by atoms with van der Waals surface area (Å²) in [6, 6.07) is 13.0. The number of rotatable bonds is 12. The van der Waals surface area contributed by atoms with Gasteiger partial charge in [-0.05, 0) is 134 Å². The van der Waals surface area contributed by atoms with E-state index >= 15 is 8.78 Å². The molecular formula is C64H73F2N11O9. The lowest BCUT2D eigenvalue weighted by Crippen LogP contribution is -2.61. The Labute approximate surface area is 496 Å². The molecule has 13 rings (SSSR count). The van der Waals surface area contributed by atoms with E-state index in [2.05, 4.69) is 25.9 Å². The van der Waals surface area contributed by atoms with Crippen molar-refractivity contribution in [3.05, 3.63) is 88.0 Å². The molecule has 4 amide bonds. The van der Waals surface area contributed by atoms with Gasteiger partial charge in [0, 0.05) is 75.9 Å². The van der Waals surface area contributed by atoms with E-state index in [0.29, 0.717) is 91.6 Å². The fourth-order valence-electron chi connectivity index (χ4n) is 15.6. The number of para-hydroxylation sites is 1. The van der Waals surface area contributed by atoms with Gasteiger partial charge in [0.1, 0.15) is 41.1 Å². The average molecular weight is 1180 g/mol. The number of imide groups is 1. The van der Waals surface area contributed by atoms with Crippen molar-refractivity contribution in [1.29, 1.82) is 0 Å². The van der Waals surface area contributed by atoms with Crippen molar-refractivity contribution in [3.63, 3.8) is 0 Å². The number of likely N-dealkylation sites (tertiary alicyclic amines) is 1. The number of terminal acetylenes is 1. The summed E-state index contributed by atoms with van der Waals surface area (Å²) >= 11 is 0. The molecule has 452 valence electrons. The number of aryl methyl sites for hydroxylation is 2. The number of hydrogen-bond donors (Lipinski definition) is 2. The van der Waals surface area contributed by atoms with Crippen molar-refractivity contribution in [2.75, 3.05) is 63.9 Å². The smallest absolute Gasteiger partial charge is 0.410 e. The number of ether oxygens (including phenoxy) is 3. The number of piperidine rings is 2. The zero-order valence-electron chi connectivity index (χ0n) is 49.2. The minimum Gasteiger partial charge on any atom is -0.465 e. The molecule has 20 nitrogen and oxygen atoms in total. The maximum atomic E-state index is 17.7. The van der Waals surface area contributed by atoms with Crippen LogP contribution in [0.15, 0.2) is 59.5 Å². The molecule has 7 aliphatic rings. The highest BCUT2D eigenvalue weighted by Gasteiger charge is 2.52. The number of aromatic nitrogens is 5. The van der Waals surface area contributed by atoms with Crippen LogP contribution >= 0.6 is 0 Å². The molecule has 2 N–H and O–H groups in total. The minimum absolute atomic E-state index is 0.00698. The maximum absolute atomic E-state index is 17.7. The monoisotopic (exact) mass is 1180 g/mol. The lowest BCUT2D eigenvalue weighted by Gasteiger charge is -2.50. The van der Waals surface area contributed by atoms with E-state index in [-0.39, 0.29) is 89.7 Å². The van der Waals surface area contributed by atoms with E-state index in [1.807, 2.05) is 43.9 Å². The molecule has 6 atom stereocenters. The van der Waals surface area contributed by atoms with Gasteiger partial charge in [0.15, 0.2) is 5.82 Å². The van der Waals surface area contributed by atoms with Crippen LogP contribution in [0, 0.1) is 24.0 Å². The first-order valence-corrected chi connectivity index (χ1v) is 30.4. The first kappa shape index (κ1) is 57.3. The number of morpholine rings is 1. The maximum Gasteiger partial charge on any atom is 0.410 e. The predicted molar refractivity (Wildman–Crippen MR) is 317 cm³/mol. The van der Waals surface area contributed by atoms with Crippen molar-refractivity contribution >= 4 is 62.5 Å².